The van der Waals surface area contributed by atoms with Crippen LogP contribution in [0.2, 0.25) is 0 Å². The molecule has 13 heteroatoms. The van der Waals surface area contributed by atoms with Crippen LogP contribution in [0.4, 0.5) is 30.2 Å². The second-order valence-corrected chi connectivity index (χ2v) is 4.14. The van der Waals surface area contributed by atoms with Crippen LogP contribution in [0.5, 0.6) is 0 Å². The maximum atomic E-state index is 12.7. The van der Waals surface area contributed by atoms with Crippen LogP contribution >= 0.6 is 12.2 Å². The normalized spacial score (nSPS) is 10.7. The van der Waals surface area contributed by atoms with Crippen LogP contribution in [0.3, 0.4) is 0 Å². The van der Waals surface area contributed by atoms with Gasteiger partial charge in [-0.1, -0.05) is 0 Å². The molecule has 1 rings (SSSR count). The summed E-state index contributed by atoms with van der Waals surface area (Å²) in [4.78, 5) is 19.4. The Morgan fingerprint density at radius 3 is 1.95 bits per heavy atom. The highest BCUT2D eigenvalue weighted by molar-refractivity contribution is 7.80. The number of benzene rings is 1. The Kier molecular flexibility index (Phi) is 5.03. The summed E-state index contributed by atoms with van der Waals surface area (Å²) in [7, 11) is 1.40. The van der Waals surface area contributed by atoms with E-state index in [0.29, 0.717) is 0 Å². The van der Waals surface area contributed by atoms with Gasteiger partial charge in [0.25, 0.3) is 0 Å². The lowest BCUT2D eigenvalue weighted by molar-refractivity contribution is -0.392. The average molecular weight is 339 g/mol. The van der Waals surface area contributed by atoms with Gasteiger partial charge >= 0.3 is 17.6 Å². The molecular formula is C9H8F3N5O4S. The van der Waals surface area contributed by atoms with E-state index in [0.717, 1.165) is 0 Å². The molecule has 0 bridgehead atoms. The van der Waals surface area contributed by atoms with Crippen LogP contribution in [0, 0.1) is 20.2 Å². The van der Waals surface area contributed by atoms with Gasteiger partial charge in [0.15, 0.2) is 5.11 Å². The minimum Gasteiger partial charge on any atom is -0.364 e. The molecule has 0 amide bonds. The van der Waals surface area contributed by atoms with E-state index in [1.807, 2.05) is 0 Å². The fourth-order valence-electron chi connectivity index (χ4n) is 1.37. The molecule has 0 aliphatic heterocycles. The molecule has 1 aromatic carbocycles. The van der Waals surface area contributed by atoms with Crippen molar-refractivity contribution in [3.8, 4) is 0 Å². The SMILES string of the molecule is CNC(=S)NNc1c([N+](=O)[O-])cc(C(F)(F)F)cc1[N+](=O)[O-]. The Balaban J connectivity index is 3.47. The maximum Gasteiger partial charge on any atom is 0.416 e. The zero-order valence-electron chi connectivity index (χ0n) is 10.7. The number of halogens is 3. The van der Waals surface area contributed by atoms with Crippen LogP contribution in [0.15, 0.2) is 12.1 Å². The average Bonchev–Trinajstić information content (AvgIpc) is 2.42. The number of hydrogen-bond donors (Lipinski definition) is 3. The van der Waals surface area contributed by atoms with E-state index in [-0.39, 0.29) is 17.2 Å². The van der Waals surface area contributed by atoms with Crippen molar-refractivity contribution < 1.29 is 23.0 Å². The predicted molar refractivity (Wildman–Crippen MR) is 73.2 cm³/mol. The summed E-state index contributed by atoms with van der Waals surface area (Å²) in [5.41, 5.74) is -0.245. The number of hydrazine groups is 1. The van der Waals surface area contributed by atoms with Gasteiger partial charge < -0.3 is 5.32 Å². The van der Waals surface area contributed by atoms with Crippen molar-refractivity contribution in [3.05, 3.63) is 37.9 Å². The number of anilines is 1. The van der Waals surface area contributed by atoms with Gasteiger partial charge in [-0.05, 0) is 12.2 Å². The molecule has 1 aromatic rings. The molecule has 0 heterocycles. The van der Waals surface area contributed by atoms with Gasteiger partial charge in [-0.15, -0.1) is 0 Å². The molecule has 9 nitrogen and oxygen atoms in total. The molecule has 0 aliphatic rings. The van der Waals surface area contributed by atoms with Gasteiger partial charge in [-0.3, -0.25) is 31.1 Å². The van der Waals surface area contributed by atoms with Gasteiger partial charge in [0, 0.05) is 19.2 Å². The number of thiocarbonyl (C=S) groups is 1. The van der Waals surface area contributed by atoms with E-state index >= 15 is 0 Å². The van der Waals surface area contributed by atoms with Gasteiger partial charge in [-0.2, -0.15) is 13.2 Å². The molecule has 0 spiro atoms. The number of nitrogens with zero attached hydrogens (tertiary/aromatic N) is 2. The van der Waals surface area contributed by atoms with Gasteiger partial charge in [0.2, 0.25) is 5.69 Å². The summed E-state index contributed by atoms with van der Waals surface area (Å²) in [6, 6.07) is 0.388. The van der Waals surface area contributed by atoms with E-state index in [2.05, 4.69) is 28.4 Å². The first-order valence-electron chi connectivity index (χ1n) is 5.35. The van der Waals surface area contributed by atoms with E-state index in [1.54, 1.807) is 0 Å². The molecule has 0 atom stereocenters. The summed E-state index contributed by atoms with van der Waals surface area (Å²) in [5, 5.41) is 24.1. The third kappa shape index (κ3) is 3.91. The van der Waals surface area contributed by atoms with Gasteiger partial charge in [-0.25, -0.2) is 0 Å². The summed E-state index contributed by atoms with van der Waals surface area (Å²) < 4.78 is 38.0. The van der Waals surface area contributed by atoms with Crippen molar-refractivity contribution >= 4 is 34.4 Å². The summed E-state index contributed by atoms with van der Waals surface area (Å²) in [6.07, 6.45) is -4.97. The Hall–Kier alpha value is -2.70. The van der Waals surface area contributed by atoms with E-state index in [1.165, 1.54) is 7.05 Å². The molecule has 0 aromatic heterocycles. The maximum absolute atomic E-state index is 12.7. The number of nitro groups is 2. The largest absolute Gasteiger partial charge is 0.416 e. The van der Waals surface area contributed by atoms with Crippen LogP contribution in [-0.4, -0.2) is 22.0 Å². The van der Waals surface area contributed by atoms with Crippen LogP contribution in [0.25, 0.3) is 0 Å². The van der Waals surface area contributed by atoms with Crippen molar-refractivity contribution in [2.24, 2.45) is 0 Å². The number of rotatable bonds is 4. The summed E-state index contributed by atoms with van der Waals surface area (Å²) >= 11 is 4.65. The fraction of sp³-hybridized carbons (Fsp3) is 0.222. The Morgan fingerprint density at radius 1 is 1.18 bits per heavy atom. The van der Waals surface area contributed by atoms with E-state index in [4.69, 9.17) is 0 Å². The fourth-order valence-corrected chi connectivity index (χ4v) is 1.42. The summed E-state index contributed by atoms with van der Waals surface area (Å²) in [5.74, 6) is 0. The molecule has 0 radical (unpaired) electrons. The van der Waals surface area contributed by atoms with Crippen molar-refractivity contribution in [3.63, 3.8) is 0 Å². The minimum atomic E-state index is -4.97. The molecule has 0 saturated heterocycles. The molecule has 0 fully saturated rings. The van der Waals surface area contributed by atoms with E-state index in [9.17, 15) is 33.4 Å². The molecule has 0 aliphatic carbocycles. The second kappa shape index (κ2) is 6.38. The highest BCUT2D eigenvalue weighted by atomic mass is 32.1. The zero-order valence-corrected chi connectivity index (χ0v) is 11.5. The molecule has 120 valence electrons. The lowest BCUT2D eigenvalue weighted by Crippen LogP contribution is -2.37. The minimum absolute atomic E-state index is 0.0801. The van der Waals surface area contributed by atoms with Crippen molar-refractivity contribution in [2.45, 2.75) is 6.18 Å². The topological polar surface area (TPSA) is 122 Å². The second-order valence-electron chi connectivity index (χ2n) is 3.73. The lowest BCUT2D eigenvalue weighted by Gasteiger charge is -2.12. The molecule has 0 saturated carbocycles. The number of alkyl halides is 3. The smallest absolute Gasteiger partial charge is 0.364 e. The Labute approximate surface area is 125 Å². The molecule has 0 unspecified atom stereocenters. The first-order chi connectivity index (χ1) is 10.1. The third-order valence-electron chi connectivity index (χ3n) is 2.35. The molecule has 3 N–H and O–H groups in total. The van der Waals surface area contributed by atoms with Crippen molar-refractivity contribution in [1.82, 2.24) is 10.7 Å². The highest BCUT2D eigenvalue weighted by Gasteiger charge is 2.37. The first kappa shape index (κ1) is 17.4. The lowest BCUT2D eigenvalue weighted by atomic mass is 10.1. The van der Waals surface area contributed by atoms with Crippen LogP contribution < -0.4 is 16.2 Å². The number of hydrogen-bond acceptors (Lipinski definition) is 6. The number of nitro benzene ring substituents is 2. The van der Waals surface area contributed by atoms with Gasteiger partial charge in [0.1, 0.15) is 0 Å². The highest BCUT2D eigenvalue weighted by Crippen LogP contribution is 2.40. The Bertz CT molecular complexity index is 601. The Morgan fingerprint density at radius 2 is 1.64 bits per heavy atom. The van der Waals surface area contributed by atoms with Crippen LogP contribution in [-0.2, 0) is 6.18 Å². The summed E-state index contributed by atoms with van der Waals surface area (Å²) in [6.45, 7) is 0. The number of nitrogens with one attached hydrogen (secondary N) is 3. The molecular weight excluding hydrogens is 331 g/mol. The third-order valence-corrected chi connectivity index (χ3v) is 2.65. The van der Waals surface area contributed by atoms with Crippen molar-refractivity contribution in [2.75, 3.05) is 12.5 Å². The standard InChI is InChI=1S/C9H8F3N5O4S/c1-13-8(22)15-14-7-5(16(18)19)2-4(9(10,11)12)3-6(7)17(20)21/h2-3,14H,1H3,(H2,13,15,22). The molecule has 22 heavy (non-hydrogen) atoms. The first-order valence-corrected chi connectivity index (χ1v) is 5.76. The van der Waals surface area contributed by atoms with Crippen LogP contribution in [0.1, 0.15) is 5.56 Å². The van der Waals surface area contributed by atoms with E-state index < -0.39 is 38.6 Å². The van der Waals surface area contributed by atoms with Crippen molar-refractivity contribution in [1.29, 1.82) is 0 Å². The monoisotopic (exact) mass is 339 g/mol. The quantitative estimate of drug-likeness (QED) is 0.432. The zero-order chi connectivity index (χ0) is 17.1. The predicted octanol–water partition coefficient (Wildman–Crippen LogP) is 1.94. The van der Waals surface area contributed by atoms with Gasteiger partial charge in [0.05, 0.1) is 15.4 Å².